The molecular weight excluding hydrogens is 374 g/mol. The average Bonchev–Trinajstić information content (AvgIpc) is 3.24. The van der Waals surface area contributed by atoms with Gasteiger partial charge in [0, 0.05) is 68.1 Å². The number of H-pyrrole nitrogens is 1. The van der Waals surface area contributed by atoms with Gasteiger partial charge in [-0.25, -0.2) is 0 Å². The van der Waals surface area contributed by atoms with Crippen molar-refractivity contribution in [3.8, 4) is 11.3 Å². The predicted octanol–water partition coefficient (Wildman–Crippen LogP) is 3.60. The minimum atomic E-state index is 0.629. The van der Waals surface area contributed by atoms with Gasteiger partial charge in [-0.05, 0) is 38.1 Å². The second-order valence-electron chi connectivity index (χ2n) is 8.54. The SMILES string of the molecule is CC(C)N1CCN(c2ccc(-c3nccc4[nH]c(N5CCOCC5)cc34)cc2)CC1. The summed E-state index contributed by atoms with van der Waals surface area (Å²) in [5.74, 6) is 1.15. The highest BCUT2D eigenvalue weighted by atomic mass is 16.5. The van der Waals surface area contributed by atoms with Gasteiger partial charge >= 0.3 is 0 Å². The summed E-state index contributed by atoms with van der Waals surface area (Å²) < 4.78 is 5.49. The maximum Gasteiger partial charge on any atom is 0.107 e. The zero-order valence-corrected chi connectivity index (χ0v) is 18.0. The van der Waals surface area contributed by atoms with Crippen LogP contribution in [0.5, 0.6) is 0 Å². The van der Waals surface area contributed by atoms with Crippen molar-refractivity contribution in [2.45, 2.75) is 19.9 Å². The van der Waals surface area contributed by atoms with E-state index in [0.717, 1.165) is 75.1 Å². The summed E-state index contributed by atoms with van der Waals surface area (Å²) in [5.41, 5.74) is 4.64. The Labute approximate surface area is 178 Å². The number of piperazine rings is 1. The van der Waals surface area contributed by atoms with E-state index in [9.17, 15) is 0 Å². The Kier molecular flexibility index (Phi) is 5.35. The number of anilines is 2. The molecule has 2 saturated heterocycles. The quantitative estimate of drug-likeness (QED) is 0.719. The first-order chi connectivity index (χ1) is 14.7. The van der Waals surface area contributed by atoms with Gasteiger partial charge in [0.15, 0.2) is 0 Å². The number of aromatic amines is 1. The lowest BCUT2D eigenvalue weighted by Crippen LogP contribution is -2.48. The van der Waals surface area contributed by atoms with Crippen LogP contribution in [-0.4, -0.2) is 73.4 Å². The molecule has 0 atom stereocenters. The van der Waals surface area contributed by atoms with Crippen LogP contribution >= 0.6 is 0 Å². The normalized spacial score (nSPS) is 18.5. The Morgan fingerprint density at radius 2 is 1.63 bits per heavy atom. The van der Waals surface area contributed by atoms with Crippen molar-refractivity contribution in [1.82, 2.24) is 14.9 Å². The summed E-state index contributed by atoms with van der Waals surface area (Å²) in [6, 6.07) is 13.9. The number of morpholine rings is 1. The highest BCUT2D eigenvalue weighted by Gasteiger charge is 2.19. The number of nitrogens with one attached hydrogen (secondary N) is 1. The minimum absolute atomic E-state index is 0.629. The molecule has 6 nitrogen and oxygen atoms in total. The first-order valence-electron chi connectivity index (χ1n) is 11.1. The number of benzene rings is 1. The van der Waals surface area contributed by atoms with Crippen molar-refractivity contribution in [1.29, 1.82) is 0 Å². The summed E-state index contributed by atoms with van der Waals surface area (Å²) >= 11 is 0. The van der Waals surface area contributed by atoms with Gasteiger partial charge in [-0.2, -0.15) is 0 Å². The minimum Gasteiger partial charge on any atom is -0.378 e. The van der Waals surface area contributed by atoms with E-state index in [1.807, 2.05) is 6.20 Å². The number of hydrogen-bond acceptors (Lipinski definition) is 5. The predicted molar refractivity (Wildman–Crippen MR) is 123 cm³/mol. The molecule has 0 radical (unpaired) electrons. The van der Waals surface area contributed by atoms with Gasteiger partial charge < -0.3 is 19.5 Å². The van der Waals surface area contributed by atoms with Crippen LogP contribution in [0.4, 0.5) is 11.5 Å². The van der Waals surface area contributed by atoms with E-state index in [4.69, 9.17) is 9.72 Å². The highest BCUT2D eigenvalue weighted by Crippen LogP contribution is 2.31. The molecule has 3 aromatic rings. The number of hydrogen-bond donors (Lipinski definition) is 1. The van der Waals surface area contributed by atoms with Crippen LogP contribution in [0.15, 0.2) is 42.6 Å². The van der Waals surface area contributed by atoms with E-state index in [2.05, 4.69) is 69.9 Å². The van der Waals surface area contributed by atoms with Gasteiger partial charge in [0.1, 0.15) is 5.82 Å². The van der Waals surface area contributed by atoms with Crippen molar-refractivity contribution < 1.29 is 4.74 Å². The van der Waals surface area contributed by atoms with Crippen LogP contribution in [0.2, 0.25) is 0 Å². The van der Waals surface area contributed by atoms with Gasteiger partial charge in [-0.15, -0.1) is 0 Å². The molecule has 0 bridgehead atoms. The first kappa shape index (κ1) is 19.4. The lowest BCUT2D eigenvalue weighted by Gasteiger charge is -2.38. The summed E-state index contributed by atoms with van der Waals surface area (Å²) in [4.78, 5) is 15.7. The number of pyridine rings is 1. The Morgan fingerprint density at radius 1 is 0.900 bits per heavy atom. The summed E-state index contributed by atoms with van der Waals surface area (Å²) in [6.07, 6.45) is 1.90. The molecule has 0 amide bonds. The third-order valence-electron chi connectivity index (χ3n) is 6.44. The van der Waals surface area contributed by atoms with Crippen LogP contribution < -0.4 is 9.80 Å². The van der Waals surface area contributed by atoms with E-state index in [1.165, 1.54) is 11.1 Å². The van der Waals surface area contributed by atoms with Crippen molar-refractivity contribution in [3.63, 3.8) is 0 Å². The van der Waals surface area contributed by atoms with Crippen LogP contribution in [0.25, 0.3) is 22.2 Å². The number of aromatic nitrogens is 2. The summed E-state index contributed by atoms with van der Waals surface area (Å²) in [5, 5.41) is 1.18. The molecule has 0 unspecified atom stereocenters. The molecular formula is C24H31N5O. The number of rotatable bonds is 4. The largest absolute Gasteiger partial charge is 0.378 e. The Balaban J connectivity index is 1.37. The van der Waals surface area contributed by atoms with Gasteiger partial charge in [0.25, 0.3) is 0 Å². The van der Waals surface area contributed by atoms with Crippen LogP contribution in [0.3, 0.4) is 0 Å². The molecule has 30 heavy (non-hydrogen) atoms. The lowest BCUT2D eigenvalue weighted by molar-refractivity contribution is 0.122. The Bertz CT molecular complexity index is 983. The first-order valence-corrected chi connectivity index (χ1v) is 11.1. The average molecular weight is 406 g/mol. The molecule has 1 N–H and O–H groups in total. The zero-order valence-electron chi connectivity index (χ0n) is 18.0. The molecule has 0 saturated carbocycles. The maximum atomic E-state index is 5.49. The fraction of sp³-hybridized carbons (Fsp3) is 0.458. The Morgan fingerprint density at radius 3 is 2.33 bits per heavy atom. The van der Waals surface area contributed by atoms with Crippen molar-refractivity contribution in [2.75, 3.05) is 62.3 Å². The van der Waals surface area contributed by atoms with E-state index < -0.39 is 0 Å². The third-order valence-corrected chi connectivity index (χ3v) is 6.44. The molecule has 5 rings (SSSR count). The molecule has 0 aliphatic carbocycles. The topological polar surface area (TPSA) is 47.6 Å². The van der Waals surface area contributed by atoms with Crippen LogP contribution in [0, 0.1) is 0 Å². The van der Waals surface area contributed by atoms with E-state index >= 15 is 0 Å². The molecule has 2 aliphatic rings. The maximum absolute atomic E-state index is 5.49. The fourth-order valence-electron chi connectivity index (χ4n) is 4.57. The van der Waals surface area contributed by atoms with Crippen LogP contribution in [0.1, 0.15) is 13.8 Å². The van der Waals surface area contributed by atoms with E-state index in [0.29, 0.717) is 6.04 Å². The molecule has 2 aromatic heterocycles. The van der Waals surface area contributed by atoms with Gasteiger partial charge in [0.05, 0.1) is 24.4 Å². The zero-order chi connectivity index (χ0) is 20.5. The summed E-state index contributed by atoms with van der Waals surface area (Å²) in [7, 11) is 0. The standard InChI is InChI=1S/C24H31N5O/c1-18(2)27-9-11-28(12-10-27)20-5-3-19(4-6-20)24-21-17-23(26-22(21)7-8-25-24)29-13-15-30-16-14-29/h3-8,17-18,26H,9-16H2,1-2H3. The third kappa shape index (κ3) is 3.77. The van der Waals surface area contributed by atoms with Gasteiger partial charge in [-0.1, -0.05) is 12.1 Å². The second kappa shape index (κ2) is 8.28. The van der Waals surface area contributed by atoms with Crippen molar-refractivity contribution in [2.24, 2.45) is 0 Å². The van der Waals surface area contributed by atoms with Gasteiger partial charge in [-0.3, -0.25) is 9.88 Å². The monoisotopic (exact) mass is 405 g/mol. The molecule has 158 valence electrons. The number of nitrogens with zero attached hydrogens (tertiary/aromatic N) is 4. The number of fused-ring (bicyclic) bond motifs is 1. The molecule has 1 aromatic carbocycles. The fourth-order valence-corrected chi connectivity index (χ4v) is 4.57. The van der Waals surface area contributed by atoms with Crippen molar-refractivity contribution in [3.05, 3.63) is 42.6 Å². The van der Waals surface area contributed by atoms with Crippen molar-refractivity contribution >= 4 is 22.4 Å². The molecule has 2 fully saturated rings. The lowest BCUT2D eigenvalue weighted by atomic mass is 10.1. The van der Waals surface area contributed by atoms with Gasteiger partial charge in [0.2, 0.25) is 0 Å². The Hall–Kier alpha value is -2.57. The second-order valence-corrected chi connectivity index (χ2v) is 8.54. The molecule has 0 spiro atoms. The highest BCUT2D eigenvalue weighted by molar-refractivity contribution is 5.95. The smallest absolute Gasteiger partial charge is 0.107 e. The number of ether oxygens (including phenoxy) is 1. The van der Waals surface area contributed by atoms with Crippen LogP contribution in [-0.2, 0) is 4.74 Å². The van der Waals surface area contributed by atoms with E-state index in [1.54, 1.807) is 0 Å². The molecule has 4 heterocycles. The molecule has 2 aliphatic heterocycles. The van der Waals surface area contributed by atoms with E-state index in [-0.39, 0.29) is 0 Å². The summed E-state index contributed by atoms with van der Waals surface area (Å²) in [6.45, 7) is 12.4. The molecule has 6 heteroatoms.